The van der Waals surface area contributed by atoms with Crippen LogP contribution in [-0.2, 0) is 0 Å². The zero-order valence-electron chi connectivity index (χ0n) is 11.1. The van der Waals surface area contributed by atoms with Crippen LogP contribution in [0.25, 0.3) is 0 Å². The maximum Gasteiger partial charge on any atom is 0.00104 e. The van der Waals surface area contributed by atoms with Gasteiger partial charge >= 0.3 is 0 Å². The molecule has 1 aliphatic rings. The van der Waals surface area contributed by atoms with Crippen molar-refractivity contribution in [3.8, 4) is 0 Å². The van der Waals surface area contributed by atoms with Gasteiger partial charge < -0.3 is 5.32 Å². The van der Waals surface area contributed by atoms with E-state index < -0.39 is 0 Å². The standard InChI is InChI=1S/C14H29N/c1-5-6-12(4)9-13-7-8-14(13)10-15-11(2)3/h11-15H,5-10H2,1-4H3. The Bertz CT molecular complexity index is 165. The van der Waals surface area contributed by atoms with E-state index in [9.17, 15) is 0 Å². The van der Waals surface area contributed by atoms with E-state index in [-0.39, 0.29) is 0 Å². The summed E-state index contributed by atoms with van der Waals surface area (Å²) in [6.45, 7) is 10.5. The molecule has 1 aliphatic carbocycles. The highest BCUT2D eigenvalue weighted by molar-refractivity contribution is 4.83. The van der Waals surface area contributed by atoms with E-state index in [1.54, 1.807) is 0 Å². The first kappa shape index (κ1) is 13.0. The maximum atomic E-state index is 3.58. The van der Waals surface area contributed by atoms with Gasteiger partial charge in [-0.1, -0.05) is 40.5 Å². The lowest BCUT2D eigenvalue weighted by atomic mass is 9.69. The molecule has 0 heterocycles. The molecule has 3 atom stereocenters. The van der Waals surface area contributed by atoms with E-state index in [2.05, 4.69) is 33.0 Å². The van der Waals surface area contributed by atoms with Crippen LogP contribution in [0.1, 0.15) is 59.8 Å². The maximum absolute atomic E-state index is 3.58. The van der Waals surface area contributed by atoms with Gasteiger partial charge in [-0.2, -0.15) is 0 Å². The fourth-order valence-corrected chi connectivity index (χ4v) is 2.73. The fourth-order valence-electron chi connectivity index (χ4n) is 2.73. The van der Waals surface area contributed by atoms with Crippen molar-refractivity contribution >= 4 is 0 Å². The van der Waals surface area contributed by atoms with Crippen molar-refractivity contribution in [2.75, 3.05) is 6.54 Å². The van der Waals surface area contributed by atoms with Gasteiger partial charge in [0.25, 0.3) is 0 Å². The van der Waals surface area contributed by atoms with Gasteiger partial charge in [0.15, 0.2) is 0 Å². The van der Waals surface area contributed by atoms with Crippen LogP contribution in [-0.4, -0.2) is 12.6 Å². The summed E-state index contributed by atoms with van der Waals surface area (Å²) < 4.78 is 0. The quantitative estimate of drug-likeness (QED) is 0.674. The Morgan fingerprint density at radius 3 is 2.27 bits per heavy atom. The van der Waals surface area contributed by atoms with Gasteiger partial charge in [0.1, 0.15) is 0 Å². The summed E-state index contributed by atoms with van der Waals surface area (Å²) in [6, 6.07) is 0.652. The molecular weight excluding hydrogens is 182 g/mol. The van der Waals surface area contributed by atoms with Crippen LogP contribution < -0.4 is 5.32 Å². The van der Waals surface area contributed by atoms with E-state index in [1.165, 1.54) is 38.6 Å². The summed E-state index contributed by atoms with van der Waals surface area (Å²) >= 11 is 0. The third-order valence-corrected chi connectivity index (χ3v) is 3.85. The molecular formula is C14H29N. The zero-order chi connectivity index (χ0) is 11.3. The Morgan fingerprint density at radius 1 is 1.13 bits per heavy atom. The first-order valence-corrected chi connectivity index (χ1v) is 6.86. The number of hydrogen-bond donors (Lipinski definition) is 1. The Hall–Kier alpha value is -0.0400. The second-order valence-corrected chi connectivity index (χ2v) is 5.79. The van der Waals surface area contributed by atoms with E-state index in [1.807, 2.05) is 0 Å². The Labute approximate surface area is 96.0 Å². The first-order valence-electron chi connectivity index (χ1n) is 6.86. The first-order chi connectivity index (χ1) is 7.13. The summed E-state index contributed by atoms with van der Waals surface area (Å²) in [5.41, 5.74) is 0. The molecule has 0 aliphatic heterocycles. The highest BCUT2D eigenvalue weighted by Gasteiger charge is 2.31. The minimum absolute atomic E-state index is 0.652. The molecule has 15 heavy (non-hydrogen) atoms. The van der Waals surface area contributed by atoms with E-state index in [4.69, 9.17) is 0 Å². The van der Waals surface area contributed by atoms with E-state index in [0.29, 0.717) is 6.04 Å². The van der Waals surface area contributed by atoms with Crippen LogP contribution in [0.5, 0.6) is 0 Å². The Kier molecular flexibility index (Phi) is 5.66. The Morgan fingerprint density at radius 2 is 1.80 bits per heavy atom. The molecule has 0 aromatic heterocycles. The second kappa shape index (κ2) is 6.52. The van der Waals surface area contributed by atoms with Crippen LogP contribution in [0.3, 0.4) is 0 Å². The van der Waals surface area contributed by atoms with Gasteiger partial charge in [-0.3, -0.25) is 0 Å². The van der Waals surface area contributed by atoms with Gasteiger partial charge in [-0.25, -0.2) is 0 Å². The average molecular weight is 211 g/mol. The molecule has 0 bridgehead atoms. The SMILES string of the molecule is CCCC(C)CC1CCC1CNC(C)C. The summed E-state index contributed by atoms with van der Waals surface area (Å²) in [5, 5.41) is 3.58. The van der Waals surface area contributed by atoms with Crippen LogP contribution in [0, 0.1) is 17.8 Å². The van der Waals surface area contributed by atoms with Crippen molar-refractivity contribution in [2.45, 2.75) is 65.8 Å². The van der Waals surface area contributed by atoms with Gasteiger partial charge in [0.2, 0.25) is 0 Å². The number of hydrogen-bond acceptors (Lipinski definition) is 1. The number of nitrogens with one attached hydrogen (secondary N) is 1. The largest absolute Gasteiger partial charge is 0.314 e. The minimum Gasteiger partial charge on any atom is -0.314 e. The molecule has 0 aromatic carbocycles. The third-order valence-electron chi connectivity index (χ3n) is 3.85. The van der Waals surface area contributed by atoms with Gasteiger partial charge in [0, 0.05) is 6.04 Å². The van der Waals surface area contributed by atoms with Crippen LogP contribution in [0.15, 0.2) is 0 Å². The number of rotatable bonds is 7. The van der Waals surface area contributed by atoms with Gasteiger partial charge in [-0.15, -0.1) is 0 Å². The third kappa shape index (κ3) is 4.55. The molecule has 90 valence electrons. The minimum atomic E-state index is 0.652. The van der Waals surface area contributed by atoms with Gasteiger partial charge in [-0.05, 0) is 43.6 Å². The summed E-state index contributed by atoms with van der Waals surface area (Å²) in [4.78, 5) is 0. The monoisotopic (exact) mass is 211 g/mol. The summed E-state index contributed by atoms with van der Waals surface area (Å²) in [7, 11) is 0. The smallest absolute Gasteiger partial charge is 0.00104 e. The predicted molar refractivity (Wildman–Crippen MR) is 68.0 cm³/mol. The molecule has 0 radical (unpaired) electrons. The second-order valence-electron chi connectivity index (χ2n) is 5.79. The molecule has 0 amide bonds. The zero-order valence-corrected chi connectivity index (χ0v) is 11.1. The van der Waals surface area contributed by atoms with Crippen molar-refractivity contribution in [1.29, 1.82) is 0 Å². The molecule has 0 spiro atoms. The van der Waals surface area contributed by atoms with Crippen molar-refractivity contribution in [1.82, 2.24) is 5.32 Å². The average Bonchev–Trinajstić information content (AvgIpc) is 2.13. The molecule has 3 unspecified atom stereocenters. The van der Waals surface area contributed by atoms with Crippen LogP contribution in [0.4, 0.5) is 0 Å². The van der Waals surface area contributed by atoms with E-state index >= 15 is 0 Å². The highest BCUT2D eigenvalue weighted by atomic mass is 14.9. The van der Waals surface area contributed by atoms with E-state index in [0.717, 1.165) is 17.8 Å². The summed E-state index contributed by atoms with van der Waals surface area (Å²) in [5.74, 6) is 2.95. The van der Waals surface area contributed by atoms with Crippen molar-refractivity contribution in [3.63, 3.8) is 0 Å². The van der Waals surface area contributed by atoms with Crippen molar-refractivity contribution < 1.29 is 0 Å². The normalized spacial score (nSPS) is 27.8. The predicted octanol–water partition coefficient (Wildman–Crippen LogP) is 3.84. The molecule has 0 aromatic rings. The summed E-state index contributed by atoms with van der Waals surface area (Å²) in [6.07, 6.45) is 7.18. The lowest BCUT2D eigenvalue weighted by molar-refractivity contribution is 0.136. The lowest BCUT2D eigenvalue weighted by Gasteiger charge is -2.39. The molecule has 1 fully saturated rings. The molecule has 1 nitrogen and oxygen atoms in total. The molecule has 1 N–H and O–H groups in total. The van der Waals surface area contributed by atoms with Crippen molar-refractivity contribution in [3.05, 3.63) is 0 Å². The lowest BCUT2D eigenvalue weighted by Crippen LogP contribution is -2.38. The molecule has 1 heteroatoms. The van der Waals surface area contributed by atoms with Gasteiger partial charge in [0.05, 0.1) is 0 Å². The molecule has 1 saturated carbocycles. The molecule has 0 saturated heterocycles. The van der Waals surface area contributed by atoms with Crippen molar-refractivity contribution in [2.24, 2.45) is 17.8 Å². The fraction of sp³-hybridized carbons (Fsp3) is 1.00. The van der Waals surface area contributed by atoms with Crippen LogP contribution in [0.2, 0.25) is 0 Å². The topological polar surface area (TPSA) is 12.0 Å². The Balaban J connectivity index is 2.14. The van der Waals surface area contributed by atoms with Crippen LogP contribution >= 0.6 is 0 Å². The highest BCUT2D eigenvalue weighted by Crippen LogP contribution is 2.39. The molecule has 1 rings (SSSR count).